The van der Waals surface area contributed by atoms with Gasteiger partial charge in [-0.3, -0.25) is 0 Å². The molecule has 0 bridgehead atoms. The third-order valence-corrected chi connectivity index (χ3v) is 4.91. The minimum atomic E-state index is -1.30. The second-order valence-electron chi connectivity index (χ2n) is 6.04. The summed E-state index contributed by atoms with van der Waals surface area (Å²) in [5.74, 6) is 1.98. The monoisotopic (exact) mass is 351 g/mol. The van der Waals surface area contributed by atoms with Gasteiger partial charge >= 0.3 is 0 Å². The number of hydrogen-bond acceptors (Lipinski definition) is 2. The zero-order valence-electron chi connectivity index (χ0n) is 14.3. The number of nitrogens with one attached hydrogen (secondary N) is 1. The molecule has 128 valence electrons. The van der Waals surface area contributed by atoms with Crippen molar-refractivity contribution >= 4 is 16.7 Å². The average Bonchev–Trinajstić information content (AvgIpc) is 2.63. The second-order valence-corrected chi connectivity index (χ2v) is 7.25. The van der Waals surface area contributed by atoms with E-state index in [9.17, 15) is 4.21 Å². The highest BCUT2D eigenvalue weighted by Crippen LogP contribution is 2.26. The van der Waals surface area contributed by atoms with E-state index in [0.29, 0.717) is 11.7 Å². The maximum Gasteiger partial charge on any atom is 0.150 e. The number of benzene rings is 3. The van der Waals surface area contributed by atoms with Crippen molar-refractivity contribution in [1.29, 1.82) is 0 Å². The molecule has 0 saturated heterocycles. The lowest BCUT2D eigenvalue weighted by Gasteiger charge is -2.10. The molecule has 1 atom stereocenters. The predicted octanol–water partition coefficient (Wildman–Crippen LogP) is 5.74. The zero-order chi connectivity index (χ0) is 17.6. The summed E-state index contributed by atoms with van der Waals surface area (Å²) in [5, 5.41) is 0. The highest BCUT2D eigenvalue weighted by atomic mass is 32.2. The summed E-state index contributed by atoms with van der Waals surface area (Å²) in [6.07, 6.45) is 0. The molecule has 4 heteroatoms. The minimum absolute atomic E-state index is 0.495. The van der Waals surface area contributed by atoms with Crippen LogP contribution in [-0.4, -0.2) is 4.21 Å². The molecular weight excluding hydrogens is 330 g/mol. The molecule has 3 rings (SSSR count). The maximum atomic E-state index is 12.3. The lowest BCUT2D eigenvalue weighted by atomic mass is 10.0. The summed E-state index contributed by atoms with van der Waals surface area (Å²) in [6.45, 7) is 4.33. The van der Waals surface area contributed by atoms with E-state index in [1.807, 2.05) is 66.7 Å². The Morgan fingerprint density at radius 2 is 1.56 bits per heavy atom. The largest absolute Gasteiger partial charge is 0.457 e. The van der Waals surface area contributed by atoms with Gasteiger partial charge in [-0.25, -0.2) is 4.21 Å². The van der Waals surface area contributed by atoms with Gasteiger partial charge in [-0.2, -0.15) is 0 Å². The van der Waals surface area contributed by atoms with Crippen LogP contribution in [0.15, 0.2) is 83.8 Å². The fourth-order valence-electron chi connectivity index (χ4n) is 2.39. The highest BCUT2D eigenvalue weighted by Gasteiger charge is 2.05. The molecule has 1 unspecified atom stereocenters. The van der Waals surface area contributed by atoms with E-state index in [0.717, 1.165) is 16.3 Å². The number of hydrogen-bond donors (Lipinski definition) is 1. The smallest absolute Gasteiger partial charge is 0.150 e. The normalized spacial score (nSPS) is 12.0. The fourth-order valence-corrected chi connectivity index (χ4v) is 3.25. The van der Waals surface area contributed by atoms with Crippen molar-refractivity contribution < 1.29 is 8.95 Å². The van der Waals surface area contributed by atoms with Gasteiger partial charge in [0.1, 0.15) is 22.5 Å². The standard InChI is InChI=1S/C21H21NO2S/c1-16(2)17-11-13-19(14-12-17)24-20-8-6-7-18(15-20)22-25(23)21-9-4-3-5-10-21/h3-16,22H,1-2H3. The Balaban J connectivity index is 1.70. The molecule has 3 nitrogen and oxygen atoms in total. The Bertz CT molecular complexity index is 845. The SMILES string of the molecule is CC(C)c1ccc(Oc2cccc(NS(=O)c3ccccc3)c2)cc1. The van der Waals surface area contributed by atoms with Gasteiger partial charge in [-0.1, -0.05) is 50.2 Å². The van der Waals surface area contributed by atoms with Gasteiger partial charge in [-0.15, -0.1) is 0 Å². The lowest BCUT2D eigenvalue weighted by molar-refractivity contribution is 0.482. The summed E-state index contributed by atoms with van der Waals surface area (Å²) in [5.41, 5.74) is 2.03. The maximum absolute atomic E-state index is 12.3. The van der Waals surface area contributed by atoms with E-state index in [1.165, 1.54) is 5.56 Å². The first-order valence-electron chi connectivity index (χ1n) is 8.23. The van der Waals surface area contributed by atoms with Crippen LogP contribution < -0.4 is 9.46 Å². The van der Waals surface area contributed by atoms with Crippen molar-refractivity contribution in [2.45, 2.75) is 24.7 Å². The summed E-state index contributed by atoms with van der Waals surface area (Å²) in [4.78, 5) is 0.734. The first-order valence-corrected chi connectivity index (χ1v) is 9.38. The molecular formula is C21H21NO2S. The molecule has 0 aromatic heterocycles. The molecule has 25 heavy (non-hydrogen) atoms. The molecule has 0 aliphatic rings. The Morgan fingerprint density at radius 1 is 0.840 bits per heavy atom. The van der Waals surface area contributed by atoms with Crippen LogP contribution >= 0.6 is 0 Å². The zero-order valence-corrected chi connectivity index (χ0v) is 15.1. The van der Waals surface area contributed by atoms with Crippen LogP contribution in [0.5, 0.6) is 11.5 Å². The van der Waals surface area contributed by atoms with Crippen LogP contribution in [0, 0.1) is 0 Å². The van der Waals surface area contributed by atoms with E-state index < -0.39 is 11.0 Å². The van der Waals surface area contributed by atoms with Gasteiger partial charge in [0, 0.05) is 6.07 Å². The van der Waals surface area contributed by atoms with E-state index in [-0.39, 0.29) is 0 Å². The van der Waals surface area contributed by atoms with Crippen LogP contribution in [0.2, 0.25) is 0 Å². The van der Waals surface area contributed by atoms with Crippen LogP contribution in [-0.2, 0) is 11.0 Å². The van der Waals surface area contributed by atoms with Crippen LogP contribution in [0.4, 0.5) is 5.69 Å². The Hall–Kier alpha value is -2.59. The van der Waals surface area contributed by atoms with E-state index >= 15 is 0 Å². The highest BCUT2D eigenvalue weighted by molar-refractivity contribution is 7.86. The predicted molar refractivity (Wildman–Crippen MR) is 104 cm³/mol. The number of anilines is 1. The van der Waals surface area contributed by atoms with Crippen molar-refractivity contribution in [2.24, 2.45) is 0 Å². The summed E-state index contributed by atoms with van der Waals surface area (Å²) >= 11 is 0. The molecule has 0 spiro atoms. The van der Waals surface area contributed by atoms with Crippen LogP contribution in [0.3, 0.4) is 0 Å². The van der Waals surface area contributed by atoms with E-state index in [4.69, 9.17) is 4.74 Å². The van der Waals surface area contributed by atoms with Crippen molar-refractivity contribution in [3.05, 3.63) is 84.4 Å². The number of ether oxygens (including phenoxy) is 1. The molecule has 0 aliphatic heterocycles. The summed E-state index contributed by atoms with van der Waals surface area (Å²) in [7, 11) is -1.30. The Morgan fingerprint density at radius 3 is 2.24 bits per heavy atom. The fraction of sp³-hybridized carbons (Fsp3) is 0.143. The van der Waals surface area contributed by atoms with Gasteiger partial charge in [0.15, 0.2) is 0 Å². The van der Waals surface area contributed by atoms with Crippen molar-refractivity contribution in [2.75, 3.05) is 4.72 Å². The quantitative estimate of drug-likeness (QED) is 0.615. The first-order chi connectivity index (χ1) is 12.1. The van der Waals surface area contributed by atoms with Crippen molar-refractivity contribution in [3.8, 4) is 11.5 Å². The Kier molecular flexibility index (Phi) is 5.51. The van der Waals surface area contributed by atoms with Crippen LogP contribution in [0.25, 0.3) is 0 Å². The van der Waals surface area contributed by atoms with E-state index in [1.54, 1.807) is 0 Å². The molecule has 0 saturated carbocycles. The topological polar surface area (TPSA) is 38.3 Å². The first kappa shape index (κ1) is 17.2. The van der Waals surface area contributed by atoms with Gasteiger partial charge < -0.3 is 9.46 Å². The summed E-state index contributed by atoms with van der Waals surface area (Å²) in [6, 6.07) is 24.9. The summed E-state index contributed by atoms with van der Waals surface area (Å²) < 4.78 is 21.2. The molecule has 3 aromatic rings. The van der Waals surface area contributed by atoms with Crippen LogP contribution in [0.1, 0.15) is 25.3 Å². The molecule has 0 aliphatic carbocycles. The van der Waals surface area contributed by atoms with Crippen molar-refractivity contribution in [1.82, 2.24) is 0 Å². The molecule has 0 fully saturated rings. The molecule has 1 N–H and O–H groups in total. The van der Waals surface area contributed by atoms with Gasteiger partial charge in [-0.05, 0) is 47.9 Å². The van der Waals surface area contributed by atoms with Gasteiger partial charge in [0.2, 0.25) is 0 Å². The number of rotatable bonds is 6. The van der Waals surface area contributed by atoms with E-state index in [2.05, 4.69) is 30.7 Å². The van der Waals surface area contributed by atoms with Crippen molar-refractivity contribution in [3.63, 3.8) is 0 Å². The van der Waals surface area contributed by atoms with Gasteiger partial charge in [0.05, 0.1) is 10.6 Å². The molecule has 3 aromatic carbocycles. The molecule has 0 amide bonds. The Labute approximate surface area is 151 Å². The molecule has 0 heterocycles. The second kappa shape index (κ2) is 7.99. The lowest BCUT2D eigenvalue weighted by Crippen LogP contribution is -2.04. The third kappa shape index (κ3) is 4.70. The molecule has 0 radical (unpaired) electrons. The minimum Gasteiger partial charge on any atom is -0.457 e. The average molecular weight is 351 g/mol. The van der Waals surface area contributed by atoms with Gasteiger partial charge in [0.25, 0.3) is 0 Å². The third-order valence-electron chi connectivity index (χ3n) is 3.78.